The van der Waals surface area contributed by atoms with Crippen LogP contribution in [0.3, 0.4) is 0 Å². The molecule has 3 aromatic rings. The SMILES string of the molecule is CCOC(=O)[C@]12CC(=O)[C@@H]3C[C@@H](Oc4cc(-c5csc(C6CCCCC6)n5)nc5c(C)c(OC)ccc45)CC3C(=O)N(C)CCCC/C=C\[C@H]1C2. The first-order valence-electron chi connectivity index (χ1n) is 18.9. The minimum absolute atomic E-state index is 0.0140. The summed E-state index contributed by atoms with van der Waals surface area (Å²) in [5.74, 6) is 0.443. The van der Waals surface area contributed by atoms with Crippen LogP contribution in [0.1, 0.15) is 100 Å². The molecule has 3 saturated carbocycles. The Kier molecular flexibility index (Phi) is 10.5. The molecule has 0 saturated heterocycles. The first-order valence-corrected chi connectivity index (χ1v) is 19.8. The molecule has 272 valence electrons. The number of fused-ring (bicyclic) bond motifs is 3. The summed E-state index contributed by atoms with van der Waals surface area (Å²) < 4.78 is 18.0. The molecule has 1 amide bonds. The molecule has 0 spiro atoms. The molecule has 3 aliphatic carbocycles. The van der Waals surface area contributed by atoms with Gasteiger partial charge in [-0.2, -0.15) is 0 Å². The van der Waals surface area contributed by atoms with Crippen molar-refractivity contribution in [1.82, 2.24) is 14.9 Å². The number of hydrogen-bond donors (Lipinski definition) is 0. The Balaban J connectivity index is 1.21. The lowest BCUT2D eigenvalue weighted by Gasteiger charge is -2.25. The number of carbonyl (C=O) groups is 3. The maximum Gasteiger partial charge on any atom is 0.313 e. The number of hydrogen-bond acceptors (Lipinski definition) is 9. The highest BCUT2D eigenvalue weighted by molar-refractivity contribution is 7.10. The molecule has 0 radical (unpaired) electrons. The van der Waals surface area contributed by atoms with E-state index >= 15 is 0 Å². The summed E-state index contributed by atoms with van der Waals surface area (Å²) in [6.07, 6.45) is 14.2. The van der Waals surface area contributed by atoms with Crippen LogP contribution < -0.4 is 9.47 Å². The molecule has 3 heterocycles. The molecule has 5 atom stereocenters. The fourth-order valence-electron chi connectivity index (χ4n) is 8.74. The van der Waals surface area contributed by atoms with Gasteiger partial charge in [0.05, 0.1) is 47.0 Å². The highest BCUT2D eigenvalue weighted by Crippen LogP contribution is 2.58. The molecule has 4 aliphatic rings. The van der Waals surface area contributed by atoms with Gasteiger partial charge in [0.25, 0.3) is 0 Å². The third-order valence-electron chi connectivity index (χ3n) is 11.8. The number of aryl methyl sites for hydroxylation is 1. The minimum Gasteiger partial charge on any atom is -0.496 e. The lowest BCUT2D eigenvalue weighted by molar-refractivity contribution is -0.152. The molecule has 51 heavy (non-hydrogen) atoms. The van der Waals surface area contributed by atoms with Crippen LogP contribution in [0.5, 0.6) is 11.5 Å². The zero-order valence-electron chi connectivity index (χ0n) is 30.4. The largest absolute Gasteiger partial charge is 0.496 e. The monoisotopic (exact) mass is 713 g/mol. The van der Waals surface area contributed by atoms with Gasteiger partial charge in [-0.3, -0.25) is 14.4 Å². The normalized spacial score (nSPS) is 28.1. The predicted octanol–water partition coefficient (Wildman–Crippen LogP) is 8.22. The van der Waals surface area contributed by atoms with Gasteiger partial charge < -0.3 is 19.1 Å². The van der Waals surface area contributed by atoms with Gasteiger partial charge in [-0.25, -0.2) is 9.97 Å². The standard InChI is InChI=1S/C41H51N3O6S/c1-5-49-40(47)41-22-27(41)15-11-6-7-12-18-44(3)39(46)31-20-28(19-30(31)34(45)23-41)50-36-21-32(42-37-25(2)35(48-4)17-16-29(36)37)33-24-51-38(43-33)26-13-9-8-10-14-26/h11,15-17,21,24,26-28,30-31H,5-10,12-14,18-20,22-23H2,1-4H3/b15-11-/t27-,28+,30+,31?,41+/m0/s1. The molecule has 7 rings (SSSR count). The lowest BCUT2D eigenvalue weighted by atomic mass is 9.84. The highest BCUT2D eigenvalue weighted by atomic mass is 32.1. The van der Waals surface area contributed by atoms with Crippen LogP contribution in [0.15, 0.2) is 35.7 Å². The molecule has 0 bridgehead atoms. The Morgan fingerprint density at radius 1 is 1.02 bits per heavy atom. The van der Waals surface area contributed by atoms with Crippen molar-refractivity contribution in [3.05, 3.63) is 46.3 Å². The van der Waals surface area contributed by atoms with E-state index in [0.29, 0.717) is 37.5 Å². The van der Waals surface area contributed by atoms with Crippen LogP contribution in [0.2, 0.25) is 0 Å². The average molecular weight is 714 g/mol. The summed E-state index contributed by atoms with van der Waals surface area (Å²) in [6, 6.07) is 5.87. The van der Waals surface area contributed by atoms with Crippen molar-refractivity contribution in [1.29, 1.82) is 0 Å². The number of nitrogens with zero attached hydrogens (tertiary/aromatic N) is 3. The minimum atomic E-state index is -0.844. The van der Waals surface area contributed by atoms with E-state index in [0.717, 1.165) is 52.9 Å². The molecule has 1 unspecified atom stereocenters. The highest BCUT2D eigenvalue weighted by Gasteiger charge is 2.62. The summed E-state index contributed by atoms with van der Waals surface area (Å²) >= 11 is 1.71. The number of aromatic nitrogens is 2. The number of benzene rings is 1. The summed E-state index contributed by atoms with van der Waals surface area (Å²) in [7, 11) is 3.50. The van der Waals surface area contributed by atoms with E-state index in [-0.39, 0.29) is 42.7 Å². The fraction of sp³-hybridized carbons (Fsp3) is 0.585. The van der Waals surface area contributed by atoms with Crippen molar-refractivity contribution in [2.75, 3.05) is 27.3 Å². The van der Waals surface area contributed by atoms with Crippen LogP contribution in [-0.4, -0.2) is 65.9 Å². The smallest absolute Gasteiger partial charge is 0.313 e. The van der Waals surface area contributed by atoms with Crippen LogP contribution >= 0.6 is 11.3 Å². The Bertz CT molecular complexity index is 1810. The van der Waals surface area contributed by atoms with E-state index in [2.05, 4.69) is 17.5 Å². The van der Waals surface area contributed by atoms with Crippen molar-refractivity contribution < 1.29 is 28.6 Å². The first kappa shape index (κ1) is 35.6. The summed E-state index contributed by atoms with van der Waals surface area (Å²) in [5, 5.41) is 4.12. The molecular weight excluding hydrogens is 663 g/mol. The topological polar surface area (TPSA) is 108 Å². The number of pyridine rings is 1. The van der Waals surface area contributed by atoms with E-state index in [1.165, 1.54) is 37.1 Å². The van der Waals surface area contributed by atoms with Crippen molar-refractivity contribution in [2.45, 2.75) is 103 Å². The van der Waals surface area contributed by atoms with E-state index < -0.39 is 17.3 Å². The quantitative estimate of drug-likeness (QED) is 0.178. The van der Waals surface area contributed by atoms with Crippen molar-refractivity contribution in [2.24, 2.45) is 23.2 Å². The van der Waals surface area contributed by atoms with Gasteiger partial charge in [0.1, 0.15) is 23.4 Å². The molecule has 10 heteroatoms. The third kappa shape index (κ3) is 7.17. The Hall–Kier alpha value is -3.79. The van der Waals surface area contributed by atoms with Gasteiger partial charge in [0.2, 0.25) is 5.91 Å². The maximum atomic E-state index is 14.3. The van der Waals surface area contributed by atoms with Gasteiger partial charge in [-0.15, -0.1) is 11.3 Å². The summed E-state index contributed by atoms with van der Waals surface area (Å²) in [6.45, 7) is 4.71. The second kappa shape index (κ2) is 15.1. The van der Waals surface area contributed by atoms with Crippen LogP contribution in [0.4, 0.5) is 0 Å². The van der Waals surface area contributed by atoms with E-state index in [9.17, 15) is 14.4 Å². The average Bonchev–Trinajstić information content (AvgIpc) is 3.43. The molecule has 3 fully saturated rings. The molecule has 9 nitrogen and oxygen atoms in total. The number of carbonyl (C=O) groups excluding carboxylic acids is 3. The molecule has 1 aromatic carbocycles. The second-order valence-electron chi connectivity index (χ2n) is 15.1. The fourth-order valence-corrected chi connectivity index (χ4v) is 9.73. The zero-order valence-corrected chi connectivity index (χ0v) is 31.3. The van der Waals surface area contributed by atoms with Gasteiger partial charge in [0.15, 0.2) is 0 Å². The Morgan fingerprint density at radius 3 is 2.61 bits per heavy atom. The number of methoxy groups -OCH3 is 1. The van der Waals surface area contributed by atoms with Gasteiger partial charge in [0, 0.05) is 54.2 Å². The number of thiazole rings is 1. The second-order valence-corrected chi connectivity index (χ2v) is 16.0. The molecule has 2 aromatic heterocycles. The summed E-state index contributed by atoms with van der Waals surface area (Å²) in [4.78, 5) is 53.6. The zero-order chi connectivity index (χ0) is 35.7. The molecule has 0 N–H and O–H groups in total. The van der Waals surface area contributed by atoms with Crippen molar-refractivity contribution >= 4 is 39.9 Å². The van der Waals surface area contributed by atoms with E-state index in [4.69, 9.17) is 24.2 Å². The van der Waals surface area contributed by atoms with Crippen LogP contribution in [0, 0.1) is 30.1 Å². The van der Waals surface area contributed by atoms with Gasteiger partial charge in [-0.05, 0) is 83.3 Å². The van der Waals surface area contributed by atoms with Crippen LogP contribution in [0.25, 0.3) is 22.3 Å². The maximum absolute atomic E-state index is 14.3. The molecular formula is C41H51N3O6S. The Labute approximate surface area is 305 Å². The first-order chi connectivity index (χ1) is 24.7. The Morgan fingerprint density at radius 2 is 1.82 bits per heavy atom. The number of allylic oxidation sites excluding steroid dienone is 2. The number of ketones is 1. The third-order valence-corrected chi connectivity index (χ3v) is 12.8. The number of ether oxygens (including phenoxy) is 3. The lowest BCUT2D eigenvalue weighted by Crippen LogP contribution is -2.38. The van der Waals surface area contributed by atoms with E-state index in [1.807, 2.05) is 32.2 Å². The number of Topliss-reactive ketones (excluding diaryl/α,β-unsaturated/α-hetero) is 1. The molecule has 1 aliphatic heterocycles. The van der Waals surface area contributed by atoms with E-state index in [1.54, 1.807) is 30.3 Å². The van der Waals surface area contributed by atoms with Gasteiger partial charge in [-0.1, -0.05) is 31.4 Å². The predicted molar refractivity (Wildman–Crippen MR) is 198 cm³/mol. The number of esters is 1. The number of amides is 1. The summed E-state index contributed by atoms with van der Waals surface area (Å²) in [5.41, 5.74) is 2.41. The van der Waals surface area contributed by atoms with Gasteiger partial charge >= 0.3 is 5.97 Å². The number of rotatable bonds is 7. The van der Waals surface area contributed by atoms with Crippen LogP contribution in [-0.2, 0) is 19.1 Å². The van der Waals surface area contributed by atoms with Crippen molar-refractivity contribution in [3.63, 3.8) is 0 Å². The van der Waals surface area contributed by atoms with Crippen molar-refractivity contribution in [3.8, 4) is 22.9 Å².